The molecule has 1 aromatic carbocycles. The number of aliphatic hydroxyl groups is 1. The molecule has 2 unspecified atom stereocenters. The van der Waals surface area contributed by atoms with Crippen molar-refractivity contribution in [1.29, 1.82) is 0 Å². The third-order valence-corrected chi connectivity index (χ3v) is 3.54. The third-order valence-electron chi connectivity index (χ3n) is 3.54. The van der Waals surface area contributed by atoms with E-state index in [1.165, 1.54) is 12.1 Å². The van der Waals surface area contributed by atoms with Crippen molar-refractivity contribution in [1.82, 2.24) is 5.32 Å². The van der Waals surface area contributed by atoms with E-state index in [2.05, 4.69) is 26.1 Å². The summed E-state index contributed by atoms with van der Waals surface area (Å²) in [6, 6.07) is 6.92. The fourth-order valence-electron chi connectivity index (χ4n) is 2.16. The lowest BCUT2D eigenvalue weighted by atomic mass is 9.97. The van der Waals surface area contributed by atoms with Crippen LogP contribution in [0.4, 0.5) is 4.39 Å². The van der Waals surface area contributed by atoms with Gasteiger partial charge in [0.2, 0.25) is 0 Å². The number of aliphatic hydroxyl groups excluding tert-OH is 1. The van der Waals surface area contributed by atoms with Gasteiger partial charge in [0.25, 0.3) is 0 Å². The molecule has 0 bridgehead atoms. The Hall–Kier alpha value is -0.930. The summed E-state index contributed by atoms with van der Waals surface area (Å²) in [4.78, 5) is 0. The highest BCUT2D eigenvalue weighted by Gasteiger charge is 2.18. The first-order valence-electron chi connectivity index (χ1n) is 7.20. The minimum atomic E-state index is -0.208. The van der Waals surface area contributed by atoms with Crippen molar-refractivity contribution < 1.29 is 9.50 Å². The summed E-state index contributed by atoms with van der Waals surface area (Å²) in [5, 5.41) is 12.9. The predicted octanol–water partition coefficient (Wildman–Crippen LogP) is 3.66. The molecule has 3 heteroatoms. The van der Waals surface area contributed by atoms with Crippen molar-refractivity contribution in [3.05, 3.63) is 35.6 Å². The zero-order chi connectivity index (χ0) is 14.3. The molecule has 0 saturated carbocycles. The van der Waals surface area contributed by atoms with Crippen LogP contribution >= 0.6 is 0 Å². The Morgan fingerprint density at radius 3 is 2.32 bits per heavy atom. The van der Waals surface area contributed by atoms with Gasteiger partial charge in [-0.2, -0.15) is 0 Å². The highest BCUT2D eigenvalue weighted by atomic mass is 19.1. The van der Waals surface area contributed by atoms with E-state index < -0.39 is 0 Å². The van der Waals surface area contributed by atoms with Crippen molar-refractivity contribution >= 4 is 0 Å². The van der Waals surface area contributed by atoms with Crippen molar-refractivity contribution in [2.24, 2.45) is 5.92 Å². The highest BCUT2D eigenvalue weighted by Crippen LogP contribution is 2.21. The van der Waals surface area contributed by atoms with E-state index in [-0.39, 0.29) is 24.5 Å². The van der Waals surface area contributed by atoms with Crippen LogP contribution in [0.5, 0.6) is 0 Å². The maximum absolute atomic E-state index is 13.0. The van der Waals surface area contributed by atoms with Gasteiger partial charge in [-0.15, -0.1) is 0 Å². The topological polar surface area (TPSA) is 32.3 Å². The smallest absolute Gasteiger partial charge is 0.123 e. The molecule has 1 rings (SSSR count). The van der Waals surface area contributed by atoms with Crippen molar-refractivity contribution in [2.75, 3.05) is 6.61 Å². The molecule has 0 aliphatic heterocycles. The summed E-state index contributed by atoms with van der Waals surface area (Å²) in [5.74, 6) is 0.162. The monoisotopic (exact) mass is 267 g/mol. The first kappa shape index (κ1) is 16.1. The van der Waals surface area contributed by atoms with Gasteiger partial charge in [-0.05, 0) is 30.0 Å². The Bertz CT molecular complexity index is 350. The SMILES string of the molecule is CCCCC(NC(CO)C(C)C)c1ccc(F)cc1. The maximum Gasteiger partial charge on any atom is 0.123 e. The van der Waals surface area contributed by atoms with Crippen LogP contribution in [0.25, 0.3) is 0 Å². The fraction of sp³-hybridized carbons (Fsp3) is 0.625. The lowest BCUT2D eigenvalue weighted by molar-refractivity contribution is 0.196. The van der Waals surface area contributed by atoms with Gasteiger partial charge in [-0.1, -0.05) is 45.7 Å². The summed E-state index contributed by atoms with van der Waals surface area (Å²) >= 11 is 0. The summed E-state index contributed by atoms with van der Waals surface area (Å²) < 4.78 is 13.0. The fourth-order valence-corrected chi connectivity index (χ4v) is 2.16. The quantitative estimate of drug-likeness (QED) is 0.753. The van der Waals surface area contributed by atoms with Gasteiger partial charge in [0.1, 0.15) is 5.82 Å². The van der Waals surface area contributed by atoms with Crippen molar-refractivity contribution in [3.63, 3.8) is 0 Å². The molecule has 2 atom stereocenters. The van der Waals surface area contributed by atoms with Crippen molar-refractivity contribution in [2.45, 2.75) is 52.1 Å². The minimum Gasteiger partial charge on any atom is -0.395 e. The van der Waals surface area contributed by atoms with E-state index >= 15 is 0 Å². The average molecular weight is 267 g/mol. The summed E-state index contributed by atoms with van der Waals surface area (Å²) in [6.07, 6.45) is 3.25. The lowest BCUT2D eigenvalue weighted by Gasteiger charge is -2.27. The van der Waals surface area contributed by atoms with E-state index in [1.807, 2.05) is 12.1 Å². The zero-order valence-electron chi connectivity index (χ0n) is 12.2. The highest BCUT2D eigenvalue weighted by molar-refractivity contribution is 5.20. The van der Waals surface area contributed by atoms with Crippen LogP contribution in [0, 0.1) is 11.7 Å². The van der Waals surface area contributed by atoms with E-state index in [9.17, 15) is 9.50 Å². The molecule has 0 amide bonds. The zero-order valence-corrected chi connectivity index (χ0v) is 12.2. The Morgan fingerprint density at radius 2 is 1.84 bits per heavy atom. The van der Waals surface area contributed by atoms with Crippen molar-refractivity contribution in [3.8, 4) is 0 Å². The average Bonchev–Trinajstić information content (AvgIpc) is 2.40. The maximum atomic E-state index is 13.0. The molecular formula is C16H26FNO. The minimum absolute atomic E-state index is 0.0758. The first-order valence-corrected chi connectivity index (χ1v) is 7.20. The lowest BCUT2D eigenvalue weighted by Crippen LogP contribution is -2.39. The second kappa shape index (κ2) is 8.28. The second-order valence-corrected chi connectivity index (χ2v) is 5.45. The van der Waals surface area contributed by atoms with Crippen LogP contribution in [-0.4, -0.2) is 17.8 Å². The van der Waals surface area contributed by atoms with Crippen LogP contribution in [0.2, 0.25) is 0 Å². The van der Waals surface area contributed by atoms with E-state index in [1.54, 1.807) is 0 Å². The Kier molecular flexibility index (Phi) is 7.03. The Labute approximate surface area is 116 Å². The largest absolute Gasteiger partial charge is 0.395 e. The van der Waals surface area contributed by atoms with Gasteiger partial charge >= 0.3 is 0 Å². The molecule has 2 nitrogen and oxygen atoms in total. The summed E-state index contributed by atoms with van der Waals surface area (Å²) in [6.45, 7) is 6.47. The molecule has 108 valence electrons. The first-order chi connectivity index (χ1) is 9.08. The standard InChI is InChI=1S/C16H26FNO/c1-4-5-6-15(18-16(11-19)12(2)3)13-7-9-14(17)10-8-13/h7-10,12,15-16,18-19H,4-6,11H2,1-3H3. The number of hydrogen-bond donors (Lipinski definition) is 2. The van der Waals surface area contributed by atoms with Gasteiger partial charge in [0.05, 0.1) is 6.61 Å². The Morgan fingerprint density at radius 1 is 1.21 bits per heavy atom. The molecule has 2 N–H and O–H groups in total. The molecule has 0 radical (unpaired) electrons. The van der Waals surface area contributed by atoms with E-state index in [4.69, 9.17) is 0 Å². The van der Waals surface area contributed by atoms with Crippen LogP contribution in [0.3, 0.4) is 0 Å². The van der Waals surface area contributed by atoms with Gasteiger partial charge < -0.3 is 10.4 Å². The van der Waals surface area contributed by atoms with Gasteiger partial charge in [-0.25, -0.2) is 4.39 Å². The van der Waals surface area contributed by atoms with E-state index in [0.717, 1.165) is 24.8 Å². The molecular weight excluding hydrogens is 241 g/mol. The van der Waals surface area contributed by atoms with Crippen LogP contribution in [-0.2, 0) is 0 Å². The molecule has 19 heavy (non-hydrogen) atoms. The molecule has 0 aliphatic rings. The molecule has 0 heterocycles. The molecule has 0 fully saturated rings. The number of rotatable bonds is 8. The summed E-state index contributed by atoms with van der Waals surface area (Å²) in [5.41, 5.74) is 1.09. The number of unbranched alkanes of at least 4 members (excludes halogenated alkanes) is 1. The number of benzene rings is 1. The van der Waals surface area contributed by atoms with Crippen LogP contribution in [0.15, 0.2) is 24.3 Å². The molecule has 0 spiro atoms. The number of halogens is 1. The molecule has 0 aromatic heterocycles. The number of hydrogen-bond acceptors (Lipinski definition) is 2. The third kappa shape index (κ3) is 5.29. The van der Waals surface area contributed by atoms with Crippen LogP contribution in [0.1, 0.15) is 51.6 Å². The predicted molar refractivity (Wildman–Crippen MR) is 77.5 cm³/mol. The second-order valence-electron chi connectivity index (χ2n) is 5.45. The number of nitrogens with one attached hydrogen (secondary N) is 1. The van der Waals surface area contributed by atoms with Gasteiger partial charge in [-0.3, -0.25) is 0 Å². The van der Waals surface area contributed by atoms with Gasteiger partial charge in [0, 0.05) is 12.1 Å². The van der Waals surface area contributed by atoms with Gasteiger partial charge in [0.15, 0.2) is 0 Å². The molecule has 1 aromatic rings. The summed E-state index contributed by atoms with van der Waals surface area (Å²) in [7, 11) is 0. The molecule has 0 aliphatic carbocycles. The van der Waals surface area contributed by atoms with E-state index in [0.29, 0.717) is 5.92 Å². The Balaban J connectivity index is 2.78. The molecule has 0 saturated heterocycles. The normalized spacial score (nSPS) is 14.6. The van der Waals surface area contributed by atoms with Crippen LogP contribution < -0.4 is 5.32 Å².